The molecule has 0 amide bonds. The lowest BCUT2D eigenvalue weighted by Gasteiger charge is -2.21. The summed E-state index contributed by atoms with van der Waals surface area (Å²) in [4.78, 5) is 0.178. The molecule has 0 aliphatic rings. The van der Waals surface area contributed by atoms with Gasteiger partial charge in [0.1, 0.15) is 11.5 Å². The summed E-state index contributed by atoms with van der Waals surface area (Å²) in [7, 11) is -0.506. The molecular weight excluding hydrogens is 430 g/mol. The second-order valence-electron chi connectivity index (χ2n) is 6.74. The molecule has 0 spiro atoms. The summed E-state index contributed by atoms with van der Waals surface area (Å²) in [5.41, 5.74) is 2.95. The molecule has 2 aromatic carbocycles. The van der Waals surface area contributed by atoms with Crippen LogP contribution in [0.5, 0.6) is 11.5 Å². The molecular formula is C20H26BrNO4S. The van der Waals surface area contributed by atoms with Crippen molar-refractivity contribution >= 4 is 26.0 Å². The topological polar surface area (TPSA) is 64.6 Å². The summed E-state index contributed by atoms with van der Waals surface area (Å²) in [5.74, 6) is 1.66. The number of halogens is 1. The zero-order valence-corrected chi connectivity index (χ0v) is 18.9. The average molecular weight is 456 g/mol. The Kier molecular flexibility index (Phi) is 6.94. The maximum absolute atomic E-state index is 12.8. The third-order valence-electron chi connectivity index (χ3n) is 4.47. The highest BCUT2D eigenvalue weighted by Gasteiger charge is 2.22. The number of hydrogen-bond acceptors (Lipinski definition) is 4. The quantitative estimate of drug-likeness (QED) is 0.641. The number of nitrogens with one attached hydrogen (secondary N) is 1. The summed E-state index contributed by atoms with van der Waals surface area (Å²) in [5, 5.41) is 0. The molecule has 7 heteroatoms. The molecule has 27 heavy (non-hydrogen) atoms. The number of ether oxygens (including phenoxy) is 2. The first-order valence-electron chi connectivity index (χ1n) is 8.65. The van der Waals surface area contributed by atoms with Crippen LogP contribution in [-0.2, 0) is 10.0 Å². The van der Waals surface area contributed by atoms with Gasteiger partial charge in [-0.15, -0.1) is 0 Å². The first-order chi connectivity index (χ1) is 12.6. The SMILES string of the molecule is COc1ccc(S(=O)(=O)NC(C)c2cc(C(C)C)c(OC)cc2C)cc1Br. The minimum atomic E-state index is -3.69. The highest BCUT2D eigenvalue weighted by Crippen LogP contribution is 2.33. The molecule has 2 aromatic rings. The minimum absolute atomic E-state index is 0.178. The molecule has 0 saturated carbocycles. The van der Waals surface area contributed by atoms with Crippen molar-refractivity contribution in [1.29, 1.82) is 0 Å². The zero-order chi connectivity index (χ0) is 20.4. The molecule has 0 aliphatic heterocycles. The third-order valence-corrected chi connectivity index (χ3v) is 6.63. The van der Waals surface area contributed by atoms with Crippen molar-refractivity contribution in [3.8, 4) is 11.5 Å². The molecule has 0 heterocycles. The van der Waals surface area contributed by atoms with Gasteiger partial charge < -0.3 is 9.47 Å². The van der Waals surface area contributed by atoms with E-state index in [0.29, 0.717) is 10.2 Å². The van der Waals surface area contributed by atoms with E-state index < -0.39 is 10.0 Å². The van der Waals surface area contributed by atoms with Crippen LogP contribution in [0.25, 0.3) is 0 Å². The lowest BCUT2D eigenvalue weighted by atomic mass is 9.94. The van der Waals surface area contributed by atoms with Gasteiger partial charge in [0.25, 0.3) is 0 Å². The van der Waals surface area contributed by atoms with E-state index in [9.17, 15) is 8.42 Å². The number of hydrogen-bond donors (Lipinski definition) is 1. The first-order valence-corrected chi connectivity index (χ1v) is 10.9. The predicted molar refractivity (Wildman–Crippen MR) is 111 cm³/mol. The molecule has 0 aliphatic carbocycles. The van der Waals surface area contributed by atoms with E-state index in [-0.39, 0.29) is 16.9 Å². The molecule has 0 aromatic heterocycles. The van der Waals surface area contributed by atoms with Gasteiger partial charge in [-0.2, -0.15) is 0 Å². The number of benzene rings is 2. The van der Waals surface area contributed by atoms with Gasteiger partial charge in [0.05, 0.1) is 23.6 Å². The normalized spacial score (nSPS) is 12.9. The van der Waals surface area contributed by atoms with Crippen LogP contribution in [0.1, 0.15) is 49.4 Å². The largest absolute Gasteiger partial charge is 0.496 e. The van der Waals surface area contributed by atoms with Crippen LogP contribution in [0.15, 0.2) is 39.7 Å². The fourth-order valence-electron chi connectivity index (χ4n) is 2.99. The number of rotatable bonds is 7. The Morgan fingerprint density at radius 2 is 1.59 bits per heavy atom. The predicted octanol–water partition coefficient (Wildman–Crippen LogP) is 4.94. The van der Waals surface area contributed by atoms with Crippen LogP contribution in [0.4, 0.5) is 0 Å². The monoisotopic (exact) mass is 455 g/mol. The van der Waals surface area contributed by atoms with E-state index in [1.54, 1.807) is 13.2 Å². The van der Waals surface area contributed by atoms with E-state index in [1.807, 2.05) is 26.0 Å². The molecule has 1 unspecified atom stereocenters. The highest BCUT2D eigenvalue weighted by molar-refractivity contribution is 9.10. The molecule has 0 bridgehead atoms. The van der Waals surface area contributed by atoms with Crippen molar-refractivity contribution in [2.45, 2.75) is 44.6 Å². The molecule has 5 nitrogen and oxygen atoms in total. The Balaban J connectivity index is 2.37. The van der Waals surface area contributed by atoms with Gasteiger partial charge >= 0.3 is 0 Å². The molecule has 0 saturated heterocycles. The summed E-state index contributed by atoms with van der Waals surface area (Å²) in [6.45, 7) is 7.97. The van der Waals surface area contributed by atoms with Crippen molar-refractivity contribution < 1.29 is 17.9 Å². The van der Waals surface area contributed by atoms with E-state index in [1.165, 1.54) is 19.2 Å². The summed E-state index contributed by atoms with van der Waals surface area (Å²) in [6, 6.07) is 8.28. The molecule has 1 N–H and O–H groups in total. The maximum Gasteiger partial charge on any atom is 0.241 e. The standard InChI is InChI=1S/C20H26BrNO4S/c1-12(2)16-11-17(13(3)9-20(16)26-6)14(4)22-27(23,24)15-7-8-19(25-5)18(21)10-15/h7-12,14,22H,1-6H3. The number of sulfonamides is 1. The fraction of sp³-hybridized carbons (Fsp3) is 0.400. The molecule has 148 valence electrons. The minimum Gasteiger partial charge on any atom is -0.496 e. The van der Waals surface area contributed by atoms with Gasteiger partial charge in [0.15, 0.2) is 0 Å². The molecule has 1 atom stereocenters. The van der Waals surface area contributed by atoms with Crippen molar-refractivity contribution in [3.05, 3.63) is 51.5 Å². The van der Waals surface area contributed by atoms with E-state index in [2.05, 4.69) is 34.5 Å². The van der Waals surface area contributed by atoms with Gasteiger partial charge in [-0.05, 0) is 82.7 Å². The van der Waals surface area contributed by atoms with Crippen molar-refractivity contribution in [2.75, 3.05) is 14.2 Å². The Hall–Kier alpha value is -1.57. The lowest BCUT2D eigenvalue weighted by molar-refractivity contribution is 0.406. The van der Waals surface area contributed by atoms with Gasteiger partial charge in [-0.3, -0.25) is 0 Å². The fourth-order valence-corrected chi connectivity index (χ4v) is 4.93. The van der Waals surface area contributed by atoms with Crippen LogP contribution in [-0.4, -0.2) is 22.6 Å². The Morgan fingerprint density at radius 3 is 2.11 bits per heavy atom. The smallest absolute Gasteiger partial charge is 0.241 e. The van der Waals surface area contributed by atoms with Crippen molar-refractivity contribution in [1.82, 2.24) is 4.72 Å². The summed E-state index contributed by atoms with van der Waals surface area (Å²) < 4.78 is 39.6. The Morgan fingerprint density at radius 1 is 0.963 bits per heavy atom. The van der Waals surface area contributed by atoms with Crippen molar-refractivity contribution in [3.63, 3.8) is 0 Å². The Bertz CT molecular complexity index is 926. The van der Waals surface area contributed by atoms with Gasteiger partial charge in [-0.25, -0.2) is 13.1 Å². The van der Waals surface area contributed by atoms with Crippen LogP contribution in [0.2, 0.25) is 0 Å². The zero-order valence-electron chi connectivity index (χ0n) is 16.5. The van der Waals surface area contributed by atoms with Crippen molar-refractivity contribution in [2.24, 2.45) is 0 Å². The summed E-state index contributed by atoms with van der Waals surface area (Å²) >= 11 is 3.33. The summed E-state index contributed by atoms with van der Waals surface area (Å²) in [6.07, 6.45) is 0. The number of methoxy groups -OCH3 is 2. The second kappa shape index (κ2) is 8.63. The van der Waals surface area contributed by atoms with Crippen LogP contribution >= 0.6 is 15.9 Å². The van der Waals surface area contributed by atoms with Gasteiger partial charge in [-0.1, -0.05) is 13.8 Å². The number of aryl methyl sites for hydroxylation is 1. The van der Waals surface area contributed by atoms with E-state index >= 15 is 0 Å². The highest BCUT2D eigenvalue weighted by atomic mass is 79.9. The molecule has 0 radical (unpaired) electrons. The first kappa shape index (κ1) is 21.7. The Labute approximate surface area is 170 Å². The van der Waals surface area contributed by atoms with Crippen LogP contribution in [0, 0.1) is 6.92 Å². The van der Waals surface area contributed by atoms with Crippen LogP contribution in [0.3, 0.4) is 0 Å². The van der Waals surface area contributed by atoms with E-state index in [4.69, 9.17) is 9.47 Å². The third kappa shape index (κ3) is 4.83. The molecule has 2 rings (SSSR count). The van der Waals surface area contributed by atoms with E-state index in [0.717, 1.165) is 22.4 Å². The van der Waals surface area contributed by atoms with Gasteiger partial charge in [0, 0.05) is 6.04 Å². The van der Waals surface area contributed by atoms with Gasteiger partial charge in [0.2, 0.25) is 10.0 Å². The maximum atomic E-state index is 12.8. The van der Waals surface area contributed by atoms with Crippen LogP contribution < -0.4 is 14.2 Å². The molecule has 0 fully saturated rings. The average Bonchev–Trinajstić information content (AvgIpc) is 2.60. The second-order valence-corrected chi connectivity index (χ2v) is 9.31. The lowest BCUT2D eigenvalue weighted by Crippen LogP contribution is -2.27.